The van der Waals surface area contributed by atoms with Crippen LogP contribution in [0.1, 0.15) is 29.9 Å². The van der Waals surface area contributed by atoms with Crippen molar-refractivity contribution in [1.82, 2.24) is 24.7 Å². The number of benzene rings is 2. The molecule has 0 radical (unpaired) electrons. The van der Waals surface area contributed by atoms with E-state index in [1.165, 1.54) is 44.9 Å². The van der Waals surface area contributed by atoms with E-state index in [2.05, 4.69) is 25.4 Å². The minimum absolute atomic E-state index is 0.0823. The third-order valence-electron chi connectivity index (χ3n) is 5.00. The van der Waals surface area contributed by atoms with E-state index < -0.39 is 23.5 Å². The molecule has 1 unspecified atom stereocenters. The average Bonchev–Trinajstić information content (AvgIpc) is 3.29. The number of nitrogen functional groups attached to an aromatic ring is 1. The molecule has 0 saturated heterocycles. The molecule has 0 spiro atoms. The molecule has 0 saturated carbocycles. The molecule has 0 aliphatic heterocycles. The summed E-state index contributed by atoms with van der Waals surface area (Å²) < 4.78 is 26.8. The average molecular weight is 525 g/mol. The Morgan fingerprint density at radius 3 is 2.37 bits per heavy atom. The van der Waals surface area contributed by atoms with Crippen LogP contribution in [0, 0.1) is 11.2 Å². The molecule has 4 rings (SSSR count). The number of H-pyrrole nitrogens is 1. The summed E-state index contributed by atoms with van der Waals surface area (Å²) in [6.07, 6.45) is 4.28. The monoisotopic (exact) mass is 524 g/mol. The molecule has 6 N–H and O–H groups in total. The van der Waals surface area contributed by atoms with E-state index in [1.54, 1.807) is 24.3 Å². The fraction of sp³-hybridized carbons (Fsp3) is 0.167. The molecule has 14 heteroatoms. The van der Waals surface area contributed by atoms with Crippen LogP contribution in [-0.2, 0) is 4.79 Å². The molecule has 0 aliphatic carbocycles. The lowest BCUT2D eigenvalue weighted by Crippen LogP contribution is -2.17. The zero-order valence-electron chi connectivity index (χ0n) is 20.6. The molecule has 198 valence electrons. The Morgan fingerprint density at radius 2 is 1.82 bits per heavy atom. The van der Waals surface area contributed by atoms with Crippen LogP contribution in [-0.4, -0.2) is 55.9 Å². The van der Waals surface area contributed by atoms with Crippen LogP contribution in [0.15, 0.2) is 59.8 Å². The first-order valence-electron chi connectivity index (χ1n) is 10.9. The summed E-state index contributed by atoms with van der Waals surface area (Å²) >= 11 is 0. The second kappa shape index (κ2) is 12.1. The second-order valence-electron chi connectivity index (χ2n) is 7.61. The number of aromatic amines is 1. The lowest BCUT2D eigenvalue weighted by atomic mass is 10.0. The number of hydrogen-bond acceptors (Lipinski definition) is 9. The standard InChI is InChI=1S/C22H21FN8O3.C2H4O2/c1-33-16-9-14(15(23)10-17(16)34-2)19(28-13-5-3-12(4-6-13)20(24)25)21-29-22(32)31(30-21)18-11-26-7-8-27-18;1-2(3)4/h3-11,19,28H,1-2H3,(H3,24,25)(H,29,30,32);1H3,(H,3,4). The first-order valence-corrected chi connectivity index (χ1v) is 10.9. The Kier molecular flexibility index (Phi) is 8.71. The van der Waals surface area contributed by atoms with Gasteiger partial charge in [-0.1, -0.05) is 0 Å². The molecule has 38 heavy (non-hydrogen) atoms. The van der Waals surface area contributed by atoms with E-state index in [-0.39, 0.29) is 28.8 Å². The summed E-state index contributed by atoms with van der Waals surface area (Å²) in [6.45, 7) is 1.08. The maximum atomic E-state index is 15.2. The Morgan fingerprint density at radius 1 is 1.18 bits per heavy atom. The number of carbonyl (C=O) groups is 1. The van der Waals surface area contributed by atoms with Crippen molar-refractivity contribution in [2.24, 2.45) is 5.73 Å². The number of ether oxygens (including phenoxy) is 2. The lowest BCUT2D eigenvalue weighted by Gasteiger charge is -2.20. The topological polar surface area (TPSA) is 194 Å². The van der Waals surface area contributed by atoms with E-state index in [0.29, 0.717) is 17.0 Å². The van der Waals surface area contributed by atoms with E-state index >= 15 is 4.39 Å². The maximum absolute atomic E-state index is 15.2. The quantitative estimate of drug-likeness (QED) is 0.168. The van der Waals surface area contributed by atoms with Crippen molar-refractivity contribution in [3.8, 4) is 17.3 Å². The van der Waals surface area contributed by atoms with Crippen molar-refractivity contribution >= 4 is 17.5 Å². The Hall–Kier alpha value is -5.27. The summed E-state index contributed by atoms with van der Waals surface area (Å²) in [5, 5.41) is 22.5. The first-order chi connectivity index (χ1) is 18.1. The smallest absolute Gasteiger partial charge is 0.349 e. The predicted molar refractivity (Wildman–Crippen MR) is 136 cm³/mol. The fourth-order valence-electron chi connectivity index (χ4n) is 3.32. The number of amidine groups is 1. The predicted octanol–water partition coefficient (Wildman–Crippen LogP) is 2.08. The molecule has 2 aromatic carbocycles. The van der Waals surface area contributed by atoms with Crippen molar-refractivity contribution in [3.63, 3.8) is 0 Å². The van der Waals surface area contributed by atoms with Crippen molar-refractivity contribution in [2.45, 2.75) is 13.0 Å². The molecule has 1 atom stereocenters. The van der Waals surface area contributed by atoms with Gasteiger partial charge in [-0.15, -0.1) is 5.10 Å². The second-order valence-corrected chi connectivity index (χ2v) is 7.61. The molecule has 2 heterocycles. The van der Waals surface area contributed by atoms with Crippen LogP contribution in [0.2, 0.25) is 0 Å². The number of hydrogen-bond donors (Lipinski definition) is 5. The number of carboxylic acid groups (broad SMARTS) is 1. The van der Waals surface area contributed by atoms with Crippen LogP contribution in [0.3, 0.4) is 0 Å². The third kappa shape index (κ3) is 6.48. The normalized spacial score (nSPS) is 11.1. The Bertz CT molecular complexity index is 1470. The van der Waals surface area contributed by atoms with Crippen molar-refractivity contribution in [2.75, 3.05) is 19.5 Å². The number of anilines is 1. The minimum Gasteiger partial charge on any atom is -0.493 e. The third-order valence-corrected chi connectivity index (χ3v) is 5.00. The largest absolute Gasteiger partial charge is 0.493 e. The van der Waals surface area contributed by atoms with Gasteiger partial charge in [-0.25, -0.2) is 14.2 Å². The van der Waals surface area contributed by atoms with E-state index in [4.69, 9.17) is 30.5 Å². The molecule has 0 bridgehead atoms. The molecule has 4 aromatic rings. The zero-order chi connectivity index (χ0) is 27.8. The van der Waals surface area contributed by atoms with Crippen LogP contribution in [0.4, 0.5) is 10.1 Å². The highest BCUT2D eigenvalue weighted by Crippen LogP contribution is 2.35. The number of nitrogens with zero attached hydrogens (tertiary/aromatic N) is 4. The van der Waals surface area contributed by atoms with Gasteiger partial charge >= 0.3 is 5.69 Å². The number of nitrogens with two attached hydrogens (primary N) is 1. The number of aromatic nitrogens is 5. The molecular formula is C24H25FN8O5. The number of rotatable bonds is 8. The number of nitrogens with one attached hydrogen (secondary N) is 3. The van der Waals surface area contributed by atoms with Gasteiger partial charge in [0.15, 0.2) is 23.1 Å². The van der Waals surface area contributed by atoms with Crippen molar-refractivity contribution in [3.05, 3.63) is 88.2 Å². The Labute approximate surface area is 215 Å². The number of methoxy groups -OCH3 is 2. The van der Waals surface area contributed by atoms with Gasteiger partial charge in [0.1, 0.15) is 17.7 Å². The highest BCUT2D eigenvalue weighted by atomic mass is 19.1. The van der Waals surface area contributed by atoms with Gasteiger partial charge in [0.25, 0.3) is 5.97 Å². The number of halogens is 1. The summed E-state index contributed by atoms with van der Waals surface area (Å²) in [5.41, 5.74) is 6.19. The van der Waals surface area contributed by atoms with Gasteiger partial charge in [0.2, 0.25) is 0 Å². The van der Waals surface area contributed by atoms with E-state index in [9.17, 15) is 4.79 Å². The molecule has 0 aliphatic rings. The van der Waals surface area contributed by atoms with Crippen LogP contribution in [0.5, 0.6) is 11.5 Å². The van der Waals surface area contributed by atoms with Gasteiger partial charge in [0, 0.05) is 42.2 Å². The van der Waals surface area contributed by atoms with Crippen LogP contribution >= 0.6 is 0 Å². The van der Waals surface area contributed by atoms with Gasteiger partial charge < -0.3 is 25.6 Å². The summed E-state index contributed by atoms with van der Waals surface area (Å²) in [7, 11) is 2.84. The summed E-state index contributed by atoms with van der Waals surface area (Å²) in [4.78, 5) is 32.3. The molecule has 0 amide bonds. The molecule has 0 fully saturated rings. The first kappa shape index (κ1) is 27.3. The highest BCUT2D eigenvalue weighted by Gasteiger charge is 2.25. The lowest BCUT2D eigenvalue weighted by molar-refractivity contribution is -0.134. The van der Waals surface area contributed by atoms with E-state index in [0.717, 1.165) is 11.6 Å². The molecule has 13 nitrogen and oxygen atoms in total. The van der Waals surface area contributed by atoms with E-state index in [1.807, 2.05) is 0 Å². The molecular weight excluding hydrogens is 499 g/mol. The summed E-state index contributed by atoms with van der Waals surface area (Å²) in [5.74, 6) is -0.684. The fourth-order valence-corrected chi connectivity index (χ4v) is 3.32. The van der Waals surface area contributed by atoms with Gasteiger partial charge in [-0.3, -0.25) is 20.2 Å². The van der Waals surface area contributed by atoms with Crippen molar-refractivity contribution in [1.29, 1.82) is 5.41 Å². The number of carboxylic acids is 1. The minimum atomic E-state index is -0.936. The Balaban J connectivity index is 0.000000934. The van der Waals surface area contributed by atoms with Crippen LogP contribution < -0.4 is 26.2 Å². The zero-order valence-corrected chi connectivity index (χ0v) is 20.6. The number of aliphatic carboxylic acids is 1. The highest BCUT2D eigenvalue weighted by molar-refractivity contribution is 5.95. The maximum Gasteiger partial charge on any atom is 0.349 e. The van der Waals surface area contributed by atoms with Gasteiger partial charge in [0.05, 0.1) is 20.4 Å². The van der Waals surface area contributed by atoms with Crippen molar-refractivity contribution < 1.29 is 23.8 Å². The molecule has 2 aromatic heterocycles. The SMILES string of the molecule is CC(=O)O.COc1cc(F)c(C(Nc2ccc(C(=N)N)cc2)c2nn(-c3cnccn3)c(=O)[nH]2)cc1OC. The van der Waals surface area contributed by atoms with Gasteiger partial charge in [-0.05, 0) is 30.3 Å². The van der Waals surface area contributed by atoms with Gasteiger partial charge in [-0.2, -0.15) is 4.68 Å². The van der Waals surface area contributed by atoms with Crippen LogP contribution in [0.25, 0.3) is 5.82 Å². The summed E-state index contributed by atoms with van der Waals surface area (Å²) in [6, 6.07) is 8.38.